The van der Waals surface area contributed by atoms with Crippen LogP contribution in [0.2, 0.25) is 0 Å². The second kappa shape index (κ2) is 6.53. The summed E-state index contributed by atoms with van der Waals surface area (Å²) in [5.74, 6) is 0. The van der Waals surface area contributed by atoms with Gasteiger partial charge in [-0.05, 0) is 11.1 Å². The highest BCUT2D eigenvalue weighted by Gasteiger charge is 1.99. The Morgan fingerprint density at radius 1 is 1.12 bits per heavy atom. The number of nitrogens with two attached hydrogens (primary N) is 1. The second-order valence-electron chi connectivity index (χ2n) is 3.30. The lowest BCUT2D eigenvalue weighted by atomic mass is 10.1. The van der Waals surface area contributed by atoms with Gasteiger partial charge in [-0.25, -0.2) is 0 Å². The van der Waals surface area contributed by atoms with Crippen LogP contribution in [-0.2, 0) is 13.6 Å². The summed E-state index contributed by atoms with van der Waals surface area (Å²) in [6, 6.07) is 8.23. The van der Waals surface area contributed by atoms with Crippen molar-refractivity contribution in [1.29, 1.82) is 0 Å². The highest BCUT2D eigenvalue weighted by molar-refractivity contribution is 5.85. The van der Waals surface area contributed by atoms with Gasteiger partial charge in [-0.1, -0.05) is 24.3 Å². The molecule has 2 rings (SSSR count). The molecule has 0 atom stereocenters. The minimum Gasteiger partial charge on any atom is -0.326 e. The van der Waals surface area contributed by atoms with Crippen molar-refractivity contribution in [2.45, 2.75) is 6.54 Å². The van der Waals surface area contributed by atoms with Crippen molar-refractivity contribution in [2.75, 3.05) is 0 Å². The van der Waals surface area contributed by atoms with Crippen LogP contribution in [0.15, 0.2) is 36.7 Å². The van der Waals surface area contributed by atoms with Gasteiger partial charge in [-0.2, -0.15) is 5.10 Å². The topological polar surface area (TPSA) is 43.8 Å². The number of hydrogen-bond donors (Lipinski definition) is 1. The Bertz CT molecular complexity index is 423. The van der Waals surface area contributed by atoms with E-state index in [-0.39, 0.29) is 24.8 Å². The summed E-state index contributed by atoms with van der Waals surface area (Å²) in [7, 11) is 1.91. The molecular formula is C11H15Cl2N3. The summed E-state index contributed by atoms with van der Waals surface area (Å²) in [6.45, 7) is 0.591. The monoisotopic (exact) mass is 259 g/mol. The Labute approximate surface area is 107 Å². The lowest BCUT2D eigenvalue weighted by Gasteiger charge is -1.99. The van der Waals surface area contributed by atoms with E-state index in [9.17, 15) is 0 Å². The minimum atomic E-state index is 0. The maximum Gasteiger partial charge on any atom is 0.0568 e. The van der Waals surface area contributed by atoms with Crippen LogP contribution in [0.4, 0.5) is 0 Å². The summed E-state index contributed by atoms with van der Waals surface area (Å²) < 4.78 is 1.80. The number of benzene rings is 1. The molecular weight excluding hydrogens is 245 g/mol. The quantitative estimate of drug-likeness (QED) is 0.901. The third kappa shape index (κ3) is 3.23. The van der Waals surface area contributed by atoms with E-state index in [0.29, 0.717) is 6.54 Å². The first-order valence-electron chi connectivity index (χ1n) is 4.57. The fourth-order valence-corrected chi connectivity index (χ4v) is 1.40. The predicted molar refractivity (Wildman–Crippen MR) is 71.0 cm³/mol. The Kier molecular flexibility index (Phi) is 6.11. The molecule has 1 aromatic heterocycles. The van der Waals surface area contributed by atoms with Gasteiger partial charge in [0.05, 0.1) is 6.20 Å². The van der Waals surface area contributed by atoms with Gasteiger partial charge in [0.15, 0.2) is 0 Å². The van der Waals surface area contributed by atoms with Crippen LogP contribution in [0.1, 0.15) is 5.56 Å². The smallest absolute Gasteiger partial charge is 0.0568 e. The van der Waals surface area contributed by atoms with Gasteiger partial charge in [0.1, 0.15) is 0 Å². The van der Waals surface area contributed by atoms with E-state index in [1.54, 1.807) is 4.68 Å². The first kappa shape index (κ1) is 15.0. The lowest BCUT2D eigenvalue weighted by molar-refractivity contribution is 0.768. The highest BCUT2D eigenvalue weighted by Crippen LogP contribution is 2.18. The molecule has 0 saturated carbocycles. The van der Waals surface area contributed by atoms with E-state index >= 15 is 0 Å². The van der Waals surface area contributed by atoms with E-state index in [1.807, 2.05) is 31.6 Å². The molecule has 0 aliphatic carbocycles. The van der Waals surface area contributed by atoms with Gasteiger partial charge in [0.2, 0.25) is 0 Å². The van der Waals surface area contributed by atoms with Gasteiger partial charge in [-0.3, -0.25) is 4.68 Å². The number of aromatic nitrogens is 2. The molecule has 2 N–H and O–H groups in total. The minimum absolute atomic E-state index is 0. The molecule has 1 aromatic carbocycles. The molecule has 0 aliphatic rings. The Morgan fingerprint density at radius 3 is 2.19 bits per heavy atom. The van der Waals surface area contributed by atoms with Crippen molar-refractivity contribution >= 4 is 24.8 Å². The zero-order valence-corrected chi connectivity index (χ0v) is 10.6. The van der Waals surface area contributed by atoms with Crippen molar-refractivity contribution in [1.82, 2.24) is 9.78 Å². The fraction of sp³-hybridized carbons (Fsp3) is 0.182. The Balaban J connectivity index is 0.00000112. The standard InChI is InChI=1S/C11H13N3.2ClH/c1-14-8-11(7-13-14)10-4-2-9(6-12)3-5-10;;/h2-5,7-8H,6,12H2,1H3;2*1H. The van der Waals surface area contributed by atoms with Crippen molar-refractivity contribution in [2.24, 2.45) is 12.8 Å². The predicted octanol–water partition coefficient (Wildman–Crippen LogP) is 2.39. The van der Waals surface area contributed by atoms with E-state index in [4.69, 9.17) is 5.73 Å². The third-order valence-corrected chi connectivity index (χ3v) is 2.23. The molecule has 0 radical (unpaired) electrons. The first-order chi connectivity index (χ1) is 6.79. The van der Waals surface area contributed by atoms with Crippen LogP contribution in [0.25, 0.3) is 11.1 Å². The van der Waals surface area contributed by atoms with Gasteiger partial charge in [0, 0.05) is 25.4 Å². The maximum absolute atomic E-state index is 5.53. The van der Waals surface area contributed by atoms with Crippen LogP contribution in [0.5, 0.6) is 0 Å². The van der Waals surface area contributed by atoms with Gasteiger partial charge in [0.25, 0.3) is 0 Å². The van der Waals surface area contributed by atoms with E-state index in [1.165, 1.54) is 5.56 Å². The van der Waals surface area contributed by atoms with E-state index in [0.717, 1.165) is 11.1 Å². The summed E-state index contributed by atoms with van der Waals surface area (Å²) in [5, 5.41) is 4.13. The number of rotatable bonds is 2. The molecule has 88 valence electrons. The number of aryl methyl sites for hydroxylation is 1. The van der Waals surface area contributed by atoms with Crippen molar-refractivity contribution in [3.05, 3.63) is 42.2 Å². The molecule has 0 spiro atoms. The Morgan fingerprint density at radius 2 is 1.75 bits per heavy atom. The van der Waals surface area contributed by atoms with Crippen LogP contribution in [0.3, 0.4) is 0 Å². The molecule has 0 fully saturated rings. The SMILES string of the molecule is Cl.Cl.Cn1cc(-c2ccc(CN)cc2)cn1. The van der Waals surface area contributed by atoms with Crippen LogP contribution < -0.4 is 5.73 Å². The average molecular weight is 260 g/mol. The molecule has 3 nitrogen and oxygen atoms in total. The van der Waals surface area contributed by atoms with Gasteiger partial charge in [-0.15, -0.1) is 24.8 Å². The largest absolute Gasteiger partial charge is 0.326 e. The number of hydrogen-bond acceptors (Lipinski definition) is 2. The third-order valence-electron chi connectivity index (χ3n) is 2.23. The van der Waals surface area contributed by atoms with Crippen molar-refractivity contribution in [3.8, 4) is 11.1 Å². The summed E-state index contributed by atoms with van der Waals surface area (Å²) in [5.41, 5.74) is 8.99. The second-order valence-corrected chi connectivity index (χ2v) is 3.30. The normalized spacial score (nSPS) is 9.12. The summed E-state index contributed by atoms with van der Waals surface area (Å²) in [4.78, 5) is 0. The van der Waals surface area contributed by atoms with Crippen LogP contribution in [-0.4, -0.2) is 9.78 Å². The number of halogens is 2. The highest BCUT2D eigenvalue weighted by atomic mass is 35.5. The molecule has 0 unspecified atom stereocenters. The summed E-state index contributed by atoms with van der Waals surface area (Å²) in [6.07, 6.45) is 3.86. The van der Waals surface area contributed by atoms with E-state index in [2.05, 4.69) is 17.2 Å². The molecule has 1 heterocycles. The Hall–Kier alpha value is -1.03. The fourth-order valence-electron chi connectivity index (χ4n) is 1.40. The molecule has 0 bridgehead atoms. The zero-order chi connectivity index (χ0) is 9.97. The van der Waals surface area contributed by atoms with Crippen LogP contribution >= 0.6 is 24.8 Å². The number of nitrogens with zero attached hydrogens (tertiary/aromatic N) is 2. The molecule has 16 heavy (non-hydrogen) atoms. The van der Waals surface area contributed by atoms with Crippen molar-refractivity contribution < 1.29 is 0 Å². The maximum atomic E-state index is 5.53. The van der Waals surface area contributed by atoms with Gasteiger partial charge >= 0.3 is 0 Å². The average Bonchev–Trinajstić information content (AvgIpc) is 2.65. The molecule has 0 aliphatic heterocycles. The molecule has 0 saturated heterocycles. The zero-order valence-electron chi connectivity index (χ0n) is 8.96. The van der Waals surface area contributed by atoms with Gasteiger partial charge < -0.3 is 5.73 Å². The molecule has 5 heteroatoms. The molecule has 0 amide bonds. The van der Waals surface area contributed by atoms with Crippen LogP contribution in [0, 0.1) is 0 Å². The first-order valence-corrected chi connectivity index (χ1v) is 4.57. The van der Waals surface area contributed by atoms with E-state index < -0.39 is 0 Å². The molecule has 2 aromatic rings. The lowest BCUT2D eigenvalue weighted by Crippen LogP contribution is -1.94. The van der Waals surface area contributed by atoms with Crippen molar-refractivity contribution in [3.63, 3.8) is 0 Å². The summed E-state index contributed by atoms with van der Waals surface area (Å²) >= 11 is 0.